The van der Waals surface area contributed by atoms with Crippen LogP contribution in [0.1, 0.15) is 60.4 Å². The fourth-order valence-electron chi connectivity index (χ4n) is 4.96. The zero-order valence-corrected chi connectivity index (χ0v) is 38.3. The average molecular weight is 1010 g/mol. The number of hydrogen-bond acceptors (Lipinski definition) is 19. The lowest BCUT2D eigenvalue weighted by atomic mass is 10.1. The highest BCUT2D eigenvalue weighted by Crippen LogP contribution is 2.37. The van der Waals surface area contributed by atoms with Crippen molar-refractivity contribution in [3.63, 3.8) is 0 Å². The van der Waals surface area contributed by atoms with E-state index < -0.39 is 101 Å². The van der Waals surface area contributed by atoms with E-state index in [1.807, 2.05) is 0 Å². The number of aliphatic carboxylic acids is 4. The third-order valence-electron chi connectivity index (χ3n) is 8.25. The van der Waals surface area contributed by atoms with E-state index in [-0.39, 0.29) is 71.8 Å². The van der Waals surface area contributed by atoms with Gasteiger partial charge in [0.1, 0.15) is 53.1 Å². The van der Waals surface area contributed by atoms with Gasteiger partial charge in [-0.3, -0.25) is 53.1 Å². The minimum Gasteiger partial charge on any atom is -0.480 e. The van der Waals surface area contributed by atoms with E-state index >= 15 is 0 Å². The zero-order chi connectivity index (χ0) is 47.8. The first kappa shape index (κ1) is 55.6. The molecule has 2 rings (SSSR count). The number of aromatic nitrogens is 4. The van der Waals surface area contributed by atoms with Gasteiger partial charge in [-0.2, -0.15) is 0 Å². The van der Waals surface area contributed by atoms with Gasteiger partial charge in [0.05, 0.1) is 57.1 Å². The van der Waals surface area contributed by atoms with Crippen LogP contribution in [0.5, 0.6) is 0 Å². The smallest absolute Gasteiger partial charge is 0.322 e. The Balaban J connectivity index is 2.45. The molecule has 0 aromatic carbocycles. The Labute approximate surface area is 392 Å². The van der Waals surface area contributed by atoms with E-state index in [1.54, 1.807) is 0 Å². The molecule has 0 aliphatic rings. The molecular formula is C35H46Cl2N10O13S4. The van der Waals surface area contributed by atoms with Gasteiger partial charge in [-0.25, -0.2) is 9.97 Å². The number of hydrogen-bond donors (Lipinski definition) is 10. The Morgan fingerprint density at radius 1 is 0.594 bits per heavy atom. The summed E-state index contributed by atoms with van der Waals surface area (Å²) in [6, 6.07) is -5.48. The number of amides is 4. The summed E-state index contributed by atoms with van der Waals surface area (Å²) in [5.41, 5.74) is 11.6. The van der Waals surface area contributed by atoms with Crippen molar-refractivity contribution >= 4 is 124 Å². The first-order valence-electron chi connectivity index (χ1n) is 18.6. The number of ketones is 1. The van der Waals surface area contributed by atoms with E-state index in [0.29, 0.717) is 10.1 Å². The van der Waals surface area contributed by atoms with Crippen molar-refractivity contribution in [3.05, 3.63) is 36.2 Å². The molecule has 0 aliphatic carbocycles. The molecule has 0 spiro atoms. The van der Waals surface area contributed by atoms with Crippen LogP contribution in [0, 0.1) is 0 Å². The summed E-state index contributed by atoms with van der Waals surface area (Å²) in [5, 5.41) is 45.3. The van der Waals surface area contributed by atoms with Gasteiger partial charge in [-0.15, -0.1) is 46.7 Å². The number of nitrogens with two attached hydrogens (primary N) is 2. The lowest BCUT2D eigenvalue weighted by Gasteiger charge is -2.23. The third-order valence-corrected chi connectivity index (χ3v) is 12.8. The third kappa shape index (κ3) is 21.9. The molecule has 0 radical (unpaired) electrons. The summed E-state index contributed by atoms with van der Waals surface area (Å²) in [4.78, 5) is 128. The van der Waals surface area contributed by atoms with Crippen LogP contribution in [0.4, 0.5) is 0 Å². The summed E-state index contributed by atoms with van der Waals surface area (Å²) in [5.74, 6) is -9.62. The van der Waals surface area contributed by atoms with Gasteiger partial charge >= 0.3 is 23.9 Å². The van der Waals surface area contributed by atoms with Crippen LogP contribution < -0.4 is 32.7 Å². The fourth-order valence-corrected chi connectivity index (χ4v) is 8.87. The maximum Gasteiger partial charge on any atom is 0.322 e. The summed E-state index contributed by atoms with van der Waals surface area (Å²) in [7, 11) is 0. The average Bonchev–Trinajstić information content (AvgIpc) is 3.25. The van der Waals surface area contributed by atoms with Gasteiger partial charge in [0.2, 0.25) is 23.6 Å². The van der Waals surface area contributed by atoms with E-state index in [1.165, 1.54) is 48.3 Å². The van der Waals surface area contributed by atoms with Crippen molar-refractivity contribution in [2.45, 2.75) is 83.2 Å². The second-order valence-electron chi connectivity index (χ2n) is 13.1. The second-order valence-corrected chi connectivity index (χ2v) is 18.7. The summed E-state index contributed by atoms with van der Waals surface area (Å²) in [6.45, 7) is -1.57. The molecule has 64 heavy (non-hydrogen) atoms. The number of carbonyl (C=O) groups excluding carboxylic acids is 5. The number of carboxylic acid groups (broad SMARTS) is 4. The summed E-state index contributed by atoms with van der Waals surface area (Å²) < 4.78 is 0. The molecule has 0 fully saturated rings. The molecule has 0 saturated heterocycles. The molecule has 29 heteroatoms. The standard InChI is InChI=1S/C35H46Cl2N10O13S4/c36-15-63-28-9-40-20(7-42-28)24(61-13-22(32(55)44-11-30(51)52)46-26(49)3-1-18(38)34(57)58)5-17(48)6-25(21-8-43-29(10-41-21)64-16-37)62-14-23(33(56)45-12-31(53)54)47-27(50)4-2-19(39)35(59)60/h7-10,18-19,22-25H,1-6,11-16,38-39H2,(H,44,55)(H,45,56)(H,46,49)(H,47,50)(H,51,52)(H,53,54)(H,57,58)(H,59,60)/t18-,19+,22-,23-,24?,25?/m0/s1. The molecule has 0 saturated carbocycles. The van der Waals surface area contributed by atoms with Crippen LogP contribution >= 0.6 is 70.2 Å². The Kier molecular flexibility index (Phi) is 25.9. The number of thioether (sulfide) groups is 4. The summed E-state index contributed by atoms with van der Waals surface area (Å²) in [6.07, 6.45) is 3.76. The molecular weight excluding hydrogens is 968 g/mol. The van der Waals surface area contributed by atoms with Gasteiger partial charge in [-0.1, -0.05) is 23.5 Å². The van der Waals surface area contributed by atoms with E-state index in [2.05, 4.69) is 41.2 Å². The molecule has 2 aromatic rings. The predicted molar refractivity (Wildman–Crippen MR) is 237 cm³/mol. The molecule has 2 unspecified atom stereocenters. The highest BCUT2D eigenvalue weighted by atomic mass is 35.5. The lowest BCUT2D eigenvalue weighted by Crippen LogP contribution is -2.49. The molecule has 12 N–H and O–H groups in total. The quantitative estimate of drug-likeness (QED) is 0.0345. The predicted octanol–water partition coefficient (Wildman–Crippen LogP) is 0.197. The van der Waals surface area contributed by atoms with Crippen molar-refractivity contribution in [2.75, 3.05) is 35.0 Å². The topological polar surface area (TPSA) is 386 Å². The largest absolute Gasteiger partial charge is 0.480 e. The minimum atomic E-state index is -1.38. The minimum absolute atomic E-state index is 0.160. The molecule has 6 atom stereocenters. The Bertz CT molecular complexity index is 1800. The molecule has 352 valence electrons. The molecule has 0 aliphatic heterocycles. The van der Waals surface area contributed by atoms with E-state index in [4.69, 9.17) is 55.1 Å². The number of carbonyl (C=O) groups is 9. The van der Waals surface area contributed by atoms with Crippen molar-refractivity contribution in [2.24, 2.45) is 11.5 Å². The van der Waals surface area contributed by atoms with Crippen LogP contribution in [0.3, 0.4) is 0 Å². The highest BCUT2D eigenvalue weighted by molar-refractivity contribution is 8.00. The highest BCUT2D eigenvalue weighted by Gasteiger charge is 2.30. The number of halogens is 2. The van der Waals surface area contributed by atoms with Gasteiger partial charge in [0.15, 0.2) is 0 Å². The number of carboxylic acids is 4. The number of alkyl halides is 2. The van der Waals surface area contributed by atoms with Gasteiger partial charge in [-0.05, 0) is 12.8 Å². The molecule has 2 heterocycles. The van der Waals surface area contributed by atoms with Crippen molar-refractivity contribution in [1.82, 2.24) is 41.2 Å². The van der Waals surface area contributed by atoms with Crippen LogP contribution in [-0.2, 0) is 43.2 Å². The van der Waals surface area contributed by atoms with Crippen LogP contribution in [0.25, 0.3) is 0 Å². The van der Waals surface area contributed by atoms with Gasteiger partial charge in [0, 0.05) is 37.2 Å². The van der Waals surface area contributed by atoms with Crippen molar-refractivity contribution in [3.8, 4) is 0 Å². The second kappa shape index (κ2) is 29.8. The number of nitrogens with one attached hydrogen (secondary N) is 4. The van der Waals surface area contributed by atoms with Crippen LogP contribution in [-0.4, -0.2) is 153 Å². The zero-order valence-electron chi connectivity index (χ0n) is 33.6. The van der Waals surface area contributed by atoms with Crippen LogP contribution in [0.15, 0.2) is 34.8 Å². The molecule has 2 aromatic heterocycles. The normalized spacial score (nSPS) is 13.8. The molecule has 0 bridgehead atoms. The first-order valence-corrected chi connectivity index (χ1v) is 23.8. The SMILES string of the molecule is N[C@H](CCC(=O)N[C@@H](CSC(CC(=O)CC(SC[C@H](NC(=O)CC[C@H](N)C(=O)O)C(=O)NCC(=O)O)c1cnc(SCCl)cn1)c1cnc(SCCl)cn1)C(=O)NCC(=O)O)C(=O)O. The monoisotopic (exact) mass is 1010 g/mol. The Morgan fingerprint density at radius 2 is 0.969 bits per heavy atom. The molecule has 23 nitrogen and oxygen atoms in total. The van der Waals surface area contributed by atoms with Crippen LogP contribution in [0.2, 0.25) is 0 Å². The maximum atomic E-state index is 14.1. The lowest BCUT2D eigenvalue weighted by molar-refractivity contribution is -0.140. The fraction of sp³-hybridized carbons (Fsp3) is 0.514. The Morgan fingerprint density at radius 3 is 1.27 bits per heavy atom. The van der Waals surface area contributed by atoms with Crippen molar-refractivity contribution < 1.29 is 63.6 Å². The van der Waals surface area contributed by atoms with Crippen molar-refractivity contribution in [1.29, 1.82) is 0 Å². The molecule has 4 amide bonds. The van der Waals surface area contributed by atoms with E-state index in [9.17, 15) is 43.2 Å². The van der Waals surface area contributed by atoms with E-state index in [0.717, 1.165) is 23.5 Å². The first-order chi connectivity index (χ1) is 30.3. The maximum absolute atomic E-state index is 14.1. The number of nitrogens with zero attached hydrogens (tertiary/aromatic N) is 4. The summed E-state index contributed by atoms with van der Waals surface area (Å²) >= 11 is 16.0. The van der Waals surface area contributed by atoms with Gasteiger partial charge in [0.25, 0.3) is 0 Å². The number of rotatable bonds is 32. The van der Waals surface area contributed by atoms with Gasteiger partial charge < -0.3 is 53.2 Å². The number of Topliss-reactive ketones (excluding diaryl/α,β-unsaturated/α-hetero) is 1. The Hall–Kier alpha value is -4.51.